The molecule has 154 valence electrons. The van der Waals surface area contributed by atoms with Gasteiger partial charge in [-0.15, -0.1) is 24.0 Å². The summed E-state index contributed by atoms with van der Waals surface area (Å²) in [7, 11) is 1.80. The van der Waals surface area contributed by atoms with Crippen molar-refractivity contribution >= 4 is 46.9 Å². The Morgan fingerprint density at radius 2 is 2.11 bits per heavy atom. The molecule has 2 N–H and O–H groups in total. The SMILES string of the molecule is CCOC(=O)C1CCN(C(=NC)NCCCc2nc3ccccc3[nH]2)CC1.I. The fourth-order valence-corrected chi connectivity index (χ4v) is 3.50. The lowest BCUT2D eigenvalue weighted by atomic mass is 9.97. The standard InChI is InChI=1S/C20H29N5O2.HI/c1-3-27-19(26)15-10-13-25(14-11-15)20(21-2)22-12-6-9-18-23-16-7-4-5-8-17(16)24-18;/h4-5,7-8,15H,3,6,9-14H2,1-2H3,(H,21,22)(H,23,24);1H. The van der Waals surface area contributed by atoms with E-state index in [1.54, 1.807) is 7.05 Å². The van der Waals surface area contributed by atoms with Crippen LogP contribution in [-0.2, 0) is 16.0 Å². The maximum absolute atomic E-state index is 11.9. The number of esters is 1. The van der Waals surface area contributed by atoms with E-state index < -0.39 is 0 Å². The number of likely N-dealkylation sites (tertiary alicyclic amines) is 1. The molecule has 1 fully saturated rings. The van der Waals surface area contributed by atoms with Gasteiger partial charge < -0.3 is 19.9 Å². The molecule has 1 saturated heterocycles. The second kappa shape index (κ2) is 11.2. The number of benzene rings is 1. The largest absolute Gasteiger partial charge is 0.466 e. The van der Waals surface area contributed by atoms with Gasteiger partial charge in [0.1, 0.15) is 5.82 Å². The number of halogens is 1. The number of carbonyl (C=O) groups excluding carboxylic acids is 1. The van der Waals surface area contributed by atoms with Crippen molar-refractivity contribution in [1.29, 1.82) is 0 Å². The summed E-state index contributed by atoms with van der Waals surface area (Å²) in [6, 6.07) is 8.09. The molecule has 0 saturated carbocycles. The Morgan fingerprint density at radius 3 is 2.79 bits per heavy atom. The van der Waals surface area contributed by atoms with E-state index >= 15 is 0 Å². The summed E-state index contributed by atoms with van der Waals surface area (Å²) in [6.45, 7) is 4.79. The van der Waals surface area contributed by atoms with Crippen LogP contribution in [-0.4, -0.2) is 60.1 Å². The number of aliphatic imine (C=N–C) groups is 1. The quantitative estimate of drug-likeness (QED) is 0.210. The van der Waals surface area contributed by atoms with Gasteiger partial charge in [0, 0.05) is 33.1 Å². The molecule has 1 aliphatic rings. The summed E-state index contributed by atoms with van der Waals surface area (Å²) in [4.78, 5) is 26.4. The zero-order chi connectivity index (χ0) is 19.1. The first-order chi connectivity index (χ1) is 13.2. The van der Waals surface area contributed by atoms with Crippen LogP contribution in [0.1, 0.15) is 32.0 Å². The van der Waals surface area contributed by atoms with Gasteiger partial charge >= 0.3 is 5.97 Å². The number of hydrogen-bond acceptors (Lipinski definition) is 4. The van der Waals surface area contributed by atoms with E-state index in [4.69, 9.17) is 4.74 Å². The summed E-state index contributed by atoms with van der Waals surface area (Å²) in [5.74, 6) is 1.88. The van der Waals surface area contributed by atoms with Gasteiger partial charge in [0.2, 0.25) is 0 Å². The van der Waals surface area contributed by atoms with Gasteiger partial charge in [0.25, 0.3) is 0 Å². The third kappa shape index (κ3) is 5.83. The number of aromatic nitrogens is 2. The van der Waals surface area contributed by atoms with Crippen molar-refractivity contribution in [3.05, 3.63) is 30.1 Å². The number of nitrogens with zero attached hydrogens (tertiary/aromatic N) is 3. The third-order valence-electron chi connectivity index (χ3n) is 4.94. The highest BCUT2D eigenvalue weighted by molar-refractivity contribution is 14.0. The van der Waals surface area contributed by atoms with Crippen LogP contribution in [0, 0.1) is 5.92 Å². The van der Waals surface area contributed by atoms with Gasteiger partial charge in [0.15, 0.2) is 5.96 Å². The zero-order valence-corrected chi connectivity index (χ0v) is 18.9. The van der Waals surface area contributed by atoms with Gasteiger partial charge in [-0.05, 0) is 38.3 Å². The Labute approximate surface area is 183 Å². The van der Waals surface area contributed by atoms with E-state index in [-0.39, 0.29) is 35.9 Å². The highest BCUT2D eigenvalue weighted by Crippen LogP contribution is 2.18. The predicted octanol–water partition coefficient (Wildman–Crippen LogP) is 2.96. The Bertz CT molecular complexity index is 751. The molecule has 0 spiro atoms. The van der Waals surface area contributed by atoms with Gasteiger partial charge in [0.05, 0.1) is 23.6 Å². The van der Waals surface area contributed by atoms with Crippen molar-refractivity contribution in [2.75, 3.05) is 33.3 Å². The molecule has 7 nitrogen and oxygen atoms in total. The fourth-order valence-electron chi connectivity index (χ4n) is 3.50. The monoisotopic (exact) mass is 499 g/mol. The maximum Gasteiger partial charge on any atom is 0.309 e. The number of nitrogens with one attached hydrogen (secondary N) is 2. The molecule has 1 aliphatic heterocycles. The van der Waals surface area contributed by atoms with Crippen LogP contribution < -0.4 is 5.32 Å². The van der Waals surface area contributed by atoms with Crippen molar-refractivity contribution in [2.24, 2.45) is 10.9 Å². The number of para-hydroxylation sites is 2. The summed E-state index contributed by atoms with van der Waals surface area (Å²) in [5.41, 5.74) is 2.10. The topological polar surface area (TPSA) is 82.6 Å². The number of hydrogen-bond donors (Lipinski definition) is 2. The minimum atomic E-state index is -0.0640. The first-order valence-corrected chi connectivity index (χ1v) is 9.77. The molecule has 0 amide bonds. The number of guanidine groups is 1. The van der Waals surface area contributed by atoms with Gasteiger partial charge in [-0.3, -0.25) is 9.79 Å². The highest BCUT2D eigenvalue weighted by Gasteiger charge is 2.27. The van der Waals surface area contributed by atoms with Crippen LogP contribution in [0.25, 0.3) is 11.0 Å². The number of fused-ring (bicyclic) bond motifs is 1. The van der Waals surface area contributed by atoms with Crippen LogP contribution in [0.4, 0.5) is 0 Å². The average molecular weight is 499 g/mol. The van der Waals surface area contributed by atoms with Crippen molar-refractivity contribution in [3.8, 4) is 0 Å². The zero-order valence-electron chi connectivity index (χ0n) is 16.6. The van der Waals surface area contributed by atoms with E-state index in [1.807, 2.05) is 31.2 Å². The summed E-state index contributed by atoms with van der Waals surface area (Å²) >= 11 is 0. The molecule has 3 rings (SSSR count). The van der Waals surface area contributed by atoms with Crippen LogP contribution in [0.5, 0.6) is 0 Å². The molecule has 8 heteroatoms. The molecule has 0 atom stereocenters. The molecule has 0 unspecified atom stereocenters. The minimum Gasteiger partial charge on any atom is -0.466 e. The summed E-state index contributed by atoms with van der Waals surface area (Å²) in [6.07, 6.45) is 3.50. The lowest BCUT2D eigenvalue weighted by molar-refractivity contribution is -0.149. The maximum atomic E-state index is 11.9. The number of piperidine rings is 1. The van der Waals surface area contributed by atoms with Crippen molar-refractivity contribution in [1.82, 2.24) is 20.2 Å². The normalized spacial score (nSPS) is 15.4. The van der Waals surface area contributed by atoms with E-state index in [2.05, 4.69) is 25.2 Å². The lowest BCUT2D eigenvalue weighted by Gasteiger charge is -2.33. The number of aryl methyl sites for hydroxylation is 1. The number of H-pyrrole nitrogens is 1. The van der Waals surface area contributed by atoms with Crippen molar-refractivity contribution < 1.29 is 9.53 Å². The molecule has 0 radical (unpaired) electrons. The molecular weight excluding hydrogens is 469 g/mol. The van der Waals surface area contributed by atoms with Crippen LogP contribution in [0.2, 0.25) is 0 Å². The Hall–Kier alpha value is -1.84. The van der Waals surface area contributed by atoms with E-state index in [1.165, 1.54) is 0 Å². The van der Waals surface area contributed by atoms with E-state index in [0.29, 0.717) is 6.61 Å². The van der Waals surface area contributed by atoms with Gasteiger partial charge in [-0.25, -0.2) is 4.98 Å². The Balaban J connectivity index is 0.00000280. The minimum absolute atomic E-state index is 0. The third-order valence-corrected chi connectivity index (χ3v) is 4.94. The second-order valence-electron chi connectivity index (χ2n) is 6.79. The Kier molecular flexibility index (Phi) is 9.01. The van der Waals surface area contributed by atoms with Crippen molar-refractivity contribution in [2.45, 2.75) is 32.6 Å². The molecule has 28 heavy (non-hydrogen) atoms. The number of rotatable bonds is 6. The Morgan fingerprint density at radius 1 is 1.36 bits per heavy atom. The summed E-state index contributed by atoms with van der Waals surface area (Å²) in [5, 5.41) is 3.43. The van der Waals surface area contributed by atoms with Crippen LogP contribution >= 0.6 is 24.0 Å². The first-order valence-electron chi connectivity index (χ1n) is 9.77. The summed E-state index contributed by atoms with van der Waals surface area (Å²) < 4.78 is 5.13. The number of imidazole rings is 1. The molecule has 0 bridgehead atoms. The van der Waals surface area contributed by atoms with Crippen LogP contribution in [0.3, 0.4) is 0 Å². The number of ether oxygens (including phenoxy) is 1. The predicted molar refractivity (Wildman–Crippen MR) is 122 cm³/mol. The average Bonchev–Trinajstić information content (AvgIpc) is 3.11. The number of aromatic amines is 1. The molecule has 1 aromatic heterocycles. The van der Waals surface area contributed by atoms with Crippen LogP contribution in [0.15, 0.2) is 29.3 Å². The van der Waals surface area contributed by atoms with Gasteiger partial charge in [-0.2, -0.15) is 0 Å². The molecule has 2 heterocycles. The van der Waals surface area contributed by atoms with E-state index in [9.17, 15) is 4.79 Å². The highest BCUT2D eigenvalue weighted by atomic mass is 127. The van der Waals surface area contributed by atoms with Gasteiger partial charge in [-0.1, -0.05) is 12.1 Å². The molecule has 2 aromatic rings. The van der Waals surface area contributed by atoms with Crippen molar-refractivity contribution in [3.63, 3.8) is 0 Å². The lowest BCUT2D eigenvalue weighted by Crippen LogP contribution is -2.47. The molecular formula is C20H30IN5O2. The van der Waals surface area contributed by atoms with E-state index in [0.717, 1.165) is 68.1 Å². The second-order valence-corrected chi connectivity index (χ2v) is 6.79. The number of carbonyl (C=O) groups is 1. The molecule has 0 aliphatic carbocycles. The first kappa shape index (κ1) is 22.4. The smallest absolute Gasteiger partial charge is 0.309 e. The fraction of sp³-hybridized carbons (Fsp3) is 0.550. The molecule has 1 aromatic carbocycles.